The van der Waals surface area contributed by atoms with E-state index >= 15 is 0 Å². The Labute approximate surface area is 157 Å². The summed E-state index contributed by atoms with van der Waals surface area (Å²) in [6.07, 6.45) is 4.60. The van der Waals surface area contributed by atoms with Crippen LogP contribution in [0.5, 0.6) is 5.75 Å². The number of nitrogens with zero attached hydrogens (tertiary/aromatic N) is 3. The Hall–Kier alpha value is -1.60. The van der Waals surface area contributed by atoms with Crippen LogP contribution in [0, 0.1) is 0 Å². The number of thioether (sulfide) groups is 1. The van der Waals surface area contributed by atoms with Gasteiger partial charge in [-0.25, -0.2) is 4.79 Å². The predicted octanol–water partition coefficient (Wildman–Crippen LogP) is 2.08. The number of carbonyl (C=O) groups is 1. The third-order valence-corrected chi connectivity index (χ3v) is 8.37. The van der Waals surface area contributed by atoms with Crippen molar-refractivity contribution >= 4 is 23.5 Å². The summed E-state index contributed by atoms with van der Waals surface area (Å²) in [7, 11) is 4.35. The van der Waals surface area contributed by atoms with E-state index in [0.717, 1.165) is 31.7 Å². The largest absolute Gasteiger partial charge is 0.493 e. The van der Waals surface area contributed by atoms with Crippen molar-refractivity contribution in [2.45, 2.75) is 53.7 Å². The summed E-state index contributed by atoms with van der Waals surface area (Å²) in [4.78, 5) is 21.1. The molecule has 3 unspecified atom stereocenters. The summed E-state index contributed by atoms with van der Waals surface area (Å²) in [6, 6.07) is 4.86. The fourth-order valence-electron chi connectivity index (χ4n) is 5.37. The van der Waals surface area contributed by atoms with Gasteiger partial charge in [0, 0.05) is 36.0 Å². The van der Waals surface area contributed by atoms with Gasteiger partial charge >= 0.3 is 6.03 Å². The Morgan fingerprint density at radius 2 is 2.15 bits per heavy atom. The lowest BCUT2D eigenvalue weighted by Gasteiger charge is -2.43. The summed E-state index contributed by atoms with van der Waals surface area (Å²) in [5.41, 5.74) is 2.94. The molecule has 1 aliphatic carbocycles. The van der Waals surface area contributed by atoms with E-state index in [9.17, 15) is 4.79 Å². The average molecular weight is 372 g/mol. The van der Waals surface area contributed by atoms with E-state index < -0.39 is 0 Å². The van der Waals surface area contributed by atoms with Crippen LogP contribution in [0.3, 0.4) is 0 Å². The zero-order valence-corrected chi connectivity index (χ0v) is 16.0. The van der Waals surface area contributed by atoms with Crippen LogP contribution in [0.2, 0.25) is 0 Å². The number of nitrogens with one attached hydrogen (secondary N) is 1. The highest BCUT2D eigenvalue weighted by atomic mass is 32.2. The molecule has 1 spiro atoms. The molecule has 0 radical (unpaired) electrons. The number of benzene rings is 1. The van der Waals surface area contributed by atoms with Crippen molar-refractivity contribution in [3.8, 4) is 5.75 Å². The van der Waals surface area contributed by atoms with E-state index in [0.29, 0.717) is 5.54 Å². The Morgan fingerprint density at radius 3 is 2.96 bits per heavy atom. The van der Waals surface area contributed by atoms with Gasteiger partial charge in [0.25, 0.3) is 0 Å². The minimum Gasteiger partial charge on any atom is -0.493 e. The van der Waals surface area contributed by atoms with Crippen LogP contribution in [0.25, 0.3) is 0 Å². The maximum absolute atomic E-state index is 12.9. The quantitative estimate of drug-likeness (QED) is 0.818. The van der Waals surface area contributed by atoms with Crippen molar-refractivity contribution in [1.82, 2.24) is 15.1 Å². The van der Waals surface area contributed by atoms with Crippen LogP contribution in [-0.4, -0.2) is 66.2 Å². The number of fused-ring (bicyclic) bond motifs is 4. The number of likely N-dealkylation sites (tertiary alicyclic amines) is 1. The molecule has 3 atom stereocenters. The third-order valence-electron chi connectivity index (χ3n) is 7.03. The number of amides is 2. The van der Waals surface area contributed by atoms with Crippen molar-refractivity contribution < 1.29 is 9.53 Å². The van der Waals surface area contributed by atoms with Crippen molar-refractivity contribution in [1.29, 1.82) is 0 Å². The van der Waals surface area contributed by atoms with Crippen molar-refractivity contribution in [3.63, 3.8) is 0 Å². The summed E-state index contributed by atoms with van der Waals surface area (Å²) in [6.45, 7) is 1.72. The number of rotatable bonds is 1. The average Bonchev–Trinajstić information content (AvgIpc) is 2.95. The number of anilines is 1. The molecule has 7 heteroatoms. The van der Waals surface area contributed by atoms with Gasteiger partial charge in [-0.15, -0.1) is 0 Å². The number of ether oxygens (including phenoxy) is 1. The molecule has 0 aromatic heterocycles. The lowest BCUT2D eigenvalue weighted by molar-refractivity contribution is 0.0881. The molecular weight excluding hydrogens is 348 g/mol. The Bertz CT molecular complexity index is 811. The van der Waals surface area contributed by atoms with Crippen molar-refractivity contribution in [2.24, 2.45) is 0 Å². The van der Waals surface area contributed by atoms with E-state index in [1.54, 1.807) is 11.8 Å². The van der Waals surface area contributed by atoms with Crippen molar-refractivity contribution in [2.75, 3.05) is 32.1 Å². The molecule has 5 aliphatic rings. The number of hydrogen-bond acceptors (Lipinski definition) is 5. The number of hydrogen-bond donors (Lipinski definition) is 1. The van der Waals surface area contributed by atoms with Crippen molar-refractivity contribution in [3.05, 3.63) is 17.7 Å². The van der Waals surface area contributed by atoms with Gasteiger partial charge in [-0.2, -0.15) is 0 Å². The first-order valence-corrected chi connectivity index (χ1v) is 10.4. The number of urea groups is 1. The SMILES string of the molecule is CN1c2c(ccc3c2CCO3)SC1N1C(=O)NC2CC3(CC3)N(C)CC21. The summed E-state index contributed by atoms with van der Waals surface area (Å²) in [5.74, 6) is 1.01. The number of piperidine rings is 1. The molecule has 4 heterocycles. The van der Waals surface area contributed by atoms with Gasteiger partial charge in [0.1, 0.15) is 5.75 Å². The lowest BCUT2D eigenvalue weighted by atomic mass is 9.92. The second-order valence-corrected chi connectivity index (χ2v) is 9.48. The second kappa shape index (κ2) is 5.01. The Kier molecular flexibility index (Phi) is 2.98. The van der Waals surface area contributed by atoms with Crippen LogP contribution >= 0.6 is 11.8 Å². The molecule has 2 saturated heterocycles. The molecule has 1 saturated carbocycles. The first-order valence-electron chi connectivity index (χ1n) is 9.56. The number of likely N-dealkylation sites (N-methyl/N-ethyl adjacent to an activating group) is 1. The second-order valence-electron chi connectivity index (χ2n) is 8.38. The number of carbonyl (C=O) groups excluding carboxylic acids is 1. The molecule has 6 nitrogen and oxygen atoms in total. The first kappa shape index (κ1) is 15.5. The van der Waals surface area contributed by atoms with Crippen LogP contribution in [-0.2, 0) is 6.42 Å². The van der Waals surface area contributed by atoms with Gasteiger partial charge in [0.2, 0.25) is 0 Å². The lowest BCUT2D eigenvalue weighted by Crippen LogP contribution is -2.58. The summed E-state index contributed by atoms with van der Waals surface area (Å²) < 4.78 is 5.75. The standard InChI is InChI=1S/C19H24N4O2S/c1-21-10-13-12(9-19(21)6-7-19)20-17(24)23(13)18-22(2)16-11-5-8-25-14(11)3-4-15(16)26-18/h3-4,12-13,18H,5-10H2,1-2H3,(H,20,24). The molecule has 3 fully saturated rings. The minimum absolute atomic E-state index is 0.0220. The van der Waals surface area contributed by atoms with Gasteiger partial charge < -0.3 is 15.0 Å². The summed E-state index contributed by atoms with van der Waals surface area (Å²) >= 11 is 1.80. The van der Waals surface area contributed by atoms with E-state index in [-0.39, 0.29) is 23.6 Å². The first-order chi connectivity index (χ1) is 12.6. The van der Waals surface area contributed by atoms with Gasteiger partial charge in [-0.1, -0.05) is 11.8 Å². The predicted molar refractivity (Wildman–Crippen MR) is 101 cm³/mol. The molecule has 1 aromatic rings. The molecular formula is C19H24N4O2S. The van der Waals surface area contributed by atoms with Gasteiger partial charge in [0.15, 0.2) is 5.50 Å². The molecule has 4 aliphatic heterocycles. The van der Waals surface area contributed by atoms with E-state index in [1.165, 1.54) is 29.0 Å². The normalized spacial score (nSPS) is 33.8. The molecule has 6 rings (SSSR count). The van der Waals surface area contributed by atoms with Gasteiger partial charge in [-0.3, -0.25) is 9.80 Å². The van der Waals surface area contributed by atoms with Crippen LogP contribution in [0.4, 0.5) is 10.5 Å². The maximum Gasteiger partial charge on any atom is 0.320 e. The smallest absolute Gasteiger partial charge is 0.320 e. The van der Waals surface area contributed by atoms with E-state index in [2.05, 4.69) is 46.2 Å². The van der Waals surface area contributed by atoms with Crippen LogP contribution < -0.4 is 15.0 Å². The monoisotopic (exact) mass is 372 g/mol. The molecule has 0 bridgehead atoms. The van der Waals surface area contributed by atoms with Gasteiger partial charge in [0.05, 0.1) is 24.4 Å². The Morgan fingerprint density at radius 1 is 1.31 bits per heavy atom. The highest BCUT2D eigenvalue weighted by molar-refractivity contribution is 8.00. The van der Waals surface area contributed by atoms with Gasteiger partial charge in [-0.05, 0) is 38.4 Å². The van der Waals surface area contributed by atoms with Crippen LogP contribution in [0.15, 0.2) is 17.0 Å². The molecule has 1 aromatic carbocycles. The molecule has 2 amide bonds. The van der Waals surface area contributed by atoms with Crippen LogP contribution in [0.1, 0.15) is 24.8 Å². The fourth-order valence-corrected chi connectivity index (χ4v) is 6.76. The highest BCUT2D eigenvalue weighted by Crippen LogP contribution is 2.53. The highest BCUT2D eigenvalue weighted by Gasteiger charge is 2.58. The van der Waals surface area contributed by atoms with E-state index in [4.69, 9.17) is 4.74 Å². The molecule has 1 N–H and O–H groups in total. The zero-order valence-electron chi connectivity index (χ0n) is 15.2. The third kappa shape index (κ3) is 1.90. The maximum atomic E-state index is 12.9. The fraction of sp³-hybridized carbons (Fsp3) is 0.632. The Balaban J connectivity index is 1.33. The zero-order chi connectivity index (χ0) is 17.6. The molecule has 138 valence electrons. The summed E-state index contributed by atoms with van der Waals surface area (Å²) in [5, 5.41) is 3.29. The van der Waals surface area contributed by atoms with E-state index in [1.807, 2.05) is 0 Å². The topological polar surface area (TPSA) is 48.1 Å². The molecule has 26 heavy (non-hydrogen) atoms. The minimum atomic E-state index is 0.0220.